The van der Waals surface area contributed by atoms with Crippen LogP contribution in [-0.2, 0) is 17.3 Å². The second-order valence-electron chi connectivity index (χ2n) is 3.15. The first kappa shape index (κ1) is 11.2. The van der Waals surface area contributed by atoms with Crippen molar-refractivity contribution >= 4 is 16.7 Å². The third-order valence-electron chi connectivity index (χ3n) is 1.85. The van der Waals surface area contributed by atoms with Crippen LogP contribution in [0.3, 0.4) is 0 Å². The van der Waals surface area contributed by atoms with E-state index in [1.807, 2.05) is 6.20 Å². The number of hydrogen-bond acceptors (Lipinski definition) is 3. The van der Waals surface area contributed by atoms with Gasteiger partial charge in [-0.2, -0.15) is 0 Å². The molecule has 0 fully saturated rings. The van der Waals surface area contributed by atoms with Crippen LogP contribution in [0.4, 0.5) is 5.95 Å². The first-order chi connectivity index (χ1) is 6.74. The standard InChI is InChI=1S/C9H17N3OS/c1-3-6-12-7-4-10-9(12)11-5-8-14(2)13/h4,7H,3,5-6,8H2,1-2H3,(H,10,11). The Balaban J connectivity index is 2.41. The van der Waals surface area contributed by atoms with Gasteiger partial charge in [-0.1, -0.05) is 6.92 Å². The summed E-state index contributed by atoms with van der Waals surface area (Å²) in [6.45, 7) is 3.81. The van der Waals surface area contributed by atoms with Crippen molar-refractivity contribution < 1.29 is 4.21 Å². The summed E-state index contributed by atoms with van der Waals surface area (Å²) in [4.78, 5) is 4.18. The molecule has 0 saturated heterocycles. The Bertz CT molecular complexity index is 298. The quantitative estimate of drug-likeness (QED) is 0.772. The van der Waals surface area contributed by atoms with Crippen LogP contribution < -0.4 is 5.32 Å². The SMILES string of the molecule is CCCn1ccnc1NCCS(C)=O. The molecule has 0 aromatic carbocycles. The highest BCUT2D eigenvalue weighted by Gasteiger charge is 2.00. The minimum atomic E-state index is -0.737. The van der Waals surface area contributed by atoms with E-state index in [1.54, 1.807) is 12.5 Å². The third kappa shape index (κ3) is 3.49. The Kier molecular flexibility index (Phi) is 4.65. The molecule has 0 aliphatic rings. The molecular weight excluding hydrogens is 198 g/mol. The van der Waals surface area contributed by atoms with E-state index in [1.165, 1.54) is 0 Å². The van der Waals surface area contributed by atoms with Crippen LogP contribution in [0.25, 0.3) is 0 Å². The summed E-state index contributed by atoms with van der Waals surface area (Å²) in [6.07, 6.45) is 6.53. The number of aryl methyl sites for hydroxylation is 1. The van der Waals surface area contributed by atoms with Crippen LogP contribution >= 0.6 is 0 Å². The van der Waals surface area contributed by atoms with Crippen molar-refractivity contribution in [2.24, 2.45) is 0 Å². The van der Waals surface area contributed by atoms with Crippen LogP contribution in [0.2, 0.25) is 0 Å². The lowest BCUT2D eigenvalue weighted by Crippen LogP contribution is -2.13. The van der Waals surface area contributed by atoms with E-state index in [-0.39, 0.29) is 0 Å². The van der Waals surface area contributed by atoms with E-state index in [0.717, 1.165) is 18.9 Å². The van der Waals surface area contributed by atoms with Crippen molar-refractivity contribution in [3.63, 3.8) is 0 Å². The monoisotopic (exact) mass is 215 g/mol. The largest absolute Gasteiger partial charge is 0.355 e. The van der Waals surface area contributed by atoms with Crippen LogP contribution in [0.15, 0.2) is 12.4 Å². The first-order valence-electron chi connectivity index (χ1n) is 4.79. The number of nitrogens with one attached hydrogen (secondary N) is 1. The van der Waals surface area contributed by atoms with Gasteiger partial charge in [0.05, 0.1) is 0 Å². The van der Waals surface area contributed by atoms with Gasteiger partial charge in [0.15, 0.2) is 0 Å². The number of anilines is 1. The minimum absolute atomic E-state index is 0.666. The Labute approximate surface area is 87.2 Å². The fourth-order valence-corrected chi connectivity index (χ4v) is 1.59. The number of imidazole rings is 1. The van der Waals surface area contributed by atoms with E-state index in [9.17, 15) is 4.21 Å². The molecule has 1 aromatic rings. The Morgan fingerprint density at radius 3 is 3.07 bits per heavy atom. The summed E-state index contributed by atoms with van der Waals surface area (Å²) in [6, 6.07) is 0. The smallest absolute Gasteiger partial charge is 0.202 e. The van der Waals surface area contributed by atoms with Gasteiger partial charge in [-0.25, -0.2) is 4.98 Å². The maximum Gasteiger partial charge on any atom is 0.202 e. The summed E-state index contributed by atoms with van der Waals surface area (Å²) in [5, 5.41) is 3.17. The summed E-state index contributed by atoms with van der Waals surface area (Å²) >= 11 is 0. The normalized spacial score (nSPS) is 12.7. The molecule has 0 aliphatic carbocycles. The molecule has 0 bridgehead atoms. The zero-order chi connectivity index (χ0) is 10.4. The lowest BCUT2D eigenvalue weighted by Gasteiger charge is -2.07. The van der Waals surface area contributed by atoms with Crippen molar-refractivity contribution in [3.05, 3.63) is 12.4 Å². The van der Waals surface area contributed by atoms with Gasteiger partial charge in [0.2, 0.25) is 5.95 Å². The zero-order valence-corrected chi connectivity index (χ0v) is 9.51. The molecular formula is C9H17N3OS. The molecule has 80 valence electrons. The van der Waals surface area contributed by atoms with Gasteiger partial charge in [0.25, 0.3) is 0 Å². The molecule has 5 heteroatoms. The molecule has 0 saturated carbocycles. The van der Waals surface area contributed by atoms with E-state index in [4.69, 9.17) is 0 Å². The molecule has 1 N–H and O–H groups in total. The summed E-state index contributed by atoms with van der Waals surface area (Å²) < 4.78 is 12.9. The number of rotatable bonds is 6. The van der Waals surface area contributed by atoms with E-state index in [2.05, 4.69) is 21.8 Å². The lowest BCUT2D eigenvalue weighted by atomic mass is 10.5. The molecule has 0 amide bonds. The van der Waals surface area contributed by atoms with E-state index >= 15 is 0 Å². The fraction of sp³-hybridized carbons (Fsp3) is 0.667. The fourth-order valence-electron chi connectivity index (χ4n) is 1.20. The predicted molar refractivity (Wildman–Crippen MR) is 59.9 cm³/mol. The van der Waals surface area contributed by atoms with Gasteiger partial charge in [-0.3, -0.25) is 4.21 Å². The number of hydrogen-bond donors (Lipinski definition) is 1. The minimum Gasteiger partial charge on any atom is -0.355 e. The van der Waals surface area contributed by atoms with Gasteiger partial charge < -0.3 is 9.88 Å². The van der Waals surface area contributed by atoms with Crippen molar-refractivity contribution in [1.29, 1.82) is 0 Å². The van der Waals surface area contributed by atoms with Crippen molar-refractivity contribution in [2.45, 2.75) is 19.9 Å². The maximum atomic E-state index is 10.8. The second kappa shape index (κ2) is 5.80. The molecule has 0 spiro atoms. The molecule has 1 rings (SSSR count). The molecule has 0 radical (unpaired) electrons. The van der Waals surface area contributed by atoms with Gasteiger partial charge in [-0.15, -0.1) is 0 Å². The summed E-state index contributed by atoms with van der Waals surface area (Å²) in [7, 11) is -0.737. The average molecular weight is 215 g/mol. The van der Waals surface area contributed by atoms with Gasteiger partial charge in [0, 0.05) is 48.3 Å². The number of nitrogens with zero attached hydrogens (tertiary/aromatic N) is 2. The van der Waals surface area contributed by atoms with Gasteiger partial charge >= 0.3 is 0 Å². The van der Waals surface area contributed by atoms with Gasteiger partial charge in [0.1, 0.15) is 0 Å². The summed E-state index contributed by atoms with van der Waals surface area (Å²) in [5.41, 5.74) is 0. The molecule has 1 aromatic heterocycles. The topological polar surface area (TPSA) is 46.9 Å². The van der Waals surface area contributed by atoms with E-state index in [0.29, 0.717) is 12.3 Å². The molecule has 1 atom stereocenters. The van der Waals surface area contributed by atoms with E-state index < -0.39 is 10.8 Å². The predicted octanol–water partition coefficient (Wildman–Crippen LogP) is 1.08. The first-order valence-corrected chi connectivity index (χ1v) is 6.51. The maximum absolute atomic E-state index is 10.8. The number of aromatic nitrogens is 2. The zero-order valence-electron chi connectivity index (χ0n) is 8.69. The summed E-state index contributed by atoms with van der Waals surface area (Å²) in [5.74, 6) is 1.54. The van der Waals surface area contributed by atoms with Crippen LogP contribution in [0.5, 0.6) is 0 Å². The lowest BCUT2D eigenvalue weighted by molar-refractivity contribution is 0.680. The highest BCUT2D eigenvalue weighted by molar-refractivity contribution is 7.84. The van der Waals surface area contributed by atoms with Crippen molar-refractivity contribution in [3.8, 4) is 0 Å². The van der Waals surface area contributed by atoms with Gasteiger partial charge in [-0.05, 0) is 6.42 Å². The Hall–Kier alpha value is -0.840. The molecule has 1 unspecified atom stereocenters. The average Bonchev–Trinajstić information content (AvgIpc) is 2.53. The Morgan fingerprint density at radius 1 is 1.64 bits per heavy atom. The van der Waals surface area contributed by atoms with Crippen LogP contribution in [0, 0.1) is 0 Å². The highest BCUT2D eigenvalue weighted by atomic mass is 32.2. The van der Waals surface area contributed by atoms with Crippen molar-refractivity contribution in [1.82, 2.24) is 9.55 Å². The van der Waals surface area contributed by atoms with Crippen LogP contribution in [0.1, 0.15) is 13.3 Å². The Morgan fingerprint density at radius 2 is 2.43 bits per heavy atom. The molecule has 14 heavy (non-hydrogen) atoms. The molecule has 4 nitrogen and oxygen atoms in total. The second-order valence-corrected chi connectivity index (χ2v) is 4.70. The third-order valence-corrected chi connectivity index (χ3v) is 2.63. The molecule has 0 aliphatic heterocycles. The van der Waals surface area contributed by atoms with Crippen molar-refractivity contribution in [2.75, 3.05) is 23.9 Å². The van der Waals surface area contributed by atoms with Crippen LogP contribution in [-0.4, -0.2) is 32.3 Å². The highest BCUT2D eigenvalue weighted by Crippen LogP contribution is 2.04. The molecule has 1 heterocycles.